The molecule has 0 aliphatic rings. The minimum absolute atomic E-state index is 0.598. The van der Waals surface area contributed by atoms with Crippen LogP contribution < -0.4 is 5.73 Å². The molecular weight excluding hydrogens is 236 g/mol. The Labute approximate surface area is 103 Å². The molecule has 0 radical (unpaired) electrons. The number of rotatable bonds is 1. The first-order valence-corrected chi connectivity index (χ1v) is 5.48. The van der Waals surface area contributed by atoms with Crippen molar-refractivity contribution in [2.75, 3.05) is 5.73 Å². The van der Waals surface area contributed by atoms with E-state index in [1.54, 1.807) is 22.8 Å². The smallest absolute Gasteiger partial charge is 0.183 e. The van der Waals surface area contributed by atoms with Crippen LogP contribution >= 0.6 is 11.6 Å². The van der Waals surface area contributed by atoms with Gasteiger partial charge in [-0.1, -0.05) is 23.7 Å². The van der Waals surface area contributed by atoms with Crippen LogP contribution in [-0.2, 0) is 0 Å². The Balaban J connectivity index is 2.22. The Kier molecular flexibility index (Phi) is 2.23. The average molecular weight is 245 g/mol. The molecule has 0 fully saturated rings. The van der Waals surface area contributed by atoms with Gasteiger partial charge in [0.15, 0.2) is 11.5 Å². The summed E-state index contributed by atoms with van der Waals surface area (Å²) in [6.07, 6.45) is 1.78. The Morgan fingerprint density at radius 3 is 2.82 bits per heavy atom. The third-order valence-electron chi connectivity index (χ3n) is 2.48. The molecule has 0 unspecified atom stereocenters. The highest BCUT2D eigenvalue weighted by atomic mass is 35.5. The van der Waals surface area contributed by atoms with Crippen LogP contribution in [0, 0.1) is 0 Å². The number of nitrogens with zero attached hydrogens (tertiary/aromatic N) is 3. The van der Waals surface area contributed by atoms with Gasteiger partial charge in [0, 0.05) is 23.5 Å². The maximum absolute atomic E-state index is 6.10. The van der Waals surface area contributed by atoms with Crippen molar-refractivity contribution in [3.8, 4) is 11.4 Å². The molecular formula is C12H9ClN4. The highest BCUT2D eigenvalue weighted by molar-refractivity contribution is 6.33. The van der Waals surface area contributed by atoms with Crippen LogP contribution in [0.3, 0.4) is 0 Å². The summed E-state index contributed by atoms with van der Waals surface area (Å²) in [5, 5.41) is 4.99. The predicted octanol–water partition coefficient (Wildman–Crippen LogP) is 2.63. The molecule has 4 nitrogen and oxygen atoms in total. The Morgan fingerprint density at radius 2 is 2.00 bits per heavy atom. The second-order valence-electron chi connectivity index (χ2n) is 3.68. The van der Waals surface area contributed by atoms with E-state index in [1.807, 2.05) is 24.3 Å². The second kappa shape index (κ2) is 3.75. The molecule has 0 aliphatic heterocycles. The molecule has 0 atom stereocenters. The summed E-state index contributed by atoms with van der Waals surface area (Å²) in [6, 6.07) is 11.0. The molecule has 0 bridgehead atoms. The van der Waals surface area contributed by atoms with Gasteiger partial charge in [-0.25, -0.2) is 9.50 Å². The summed E-state index contributed by atoms with van der Waals surface area (Å²) in [5.41, 5.74) is 7.88. The highest BCUT2D eigenvalue weighted by Crippen LogP contribution is 2.25. The van der Waals surface area contributed by atoms with E-state index >= 15 is 0 Å². The number of pyridine rings is 1. The molecule has 0 saturated carbocycles. The third kappa shape index (κ3) is 1.72. The van der Waals surface area contributed by atoms with Gasteiger partial charge in [0.05, 0.1) is 5.02 Å². The number of hydrogen-bond acceptors (Lipinski definition) is 3. The fraction of sp³-hybridized carbons (Fsp3) is 0. The van der Waals surface area contributed by atoms with Crippen molar-refractivity contribution in [2.24, 2.45) is 0 Å². The molecule has 17 heavy (non-hydrogen) atoms. The Bertz CT molecular complexity index is 690. The van der Waals surface area contributed by atoms with Crippen LogP contribution in [0.15, 0.2) is 42.6 Å². The van der Waals surface area contributed by atoms with Gasteiger partial charge >= 0.3 is 0 Å². The highest BCUT2D eigenvalue weighted by Gasteiger charge is 2.09. The quantitative estimate of drug-likeness (QED) is 0.716. The molecule has 0 amide bonds. The van der Waals surface area contributed by atoms with Crippen molar-refractivity contribution in [2.45, 2.75) is 0 Å². The first kappa shape index (κ1) is 10.1. The van der Waals surface area contributed by atoms with E-state index in [0.29, 0.717) is 22.2 Å². The molecule has 0 aliphatic carbocycles. The minimum atomic E-state index is 0.598. The molecule has 2 heterocycles. The average Bonchev–Trinajstić information content (AvgIpc) is 2.72. The lowest BCUT2D eigenvalue weighted by molar-refractivity contribution is 0.966. The SMILES string of the molecule is Nc1ccn2nc(-c3ccccc3Cl)nc2c1. The summed E-state index contributed by atoms with van der Waals surface area (Å²) < 4.78 is 1.68. The summed E-state index contributed by atoms with van der Waals surface area (Å²) in [5.74, 6) is 0.598. The van der Waals surface area contributed by atoms with Gasteiger partial charge in [-0.3, -0.25) is 0 Å². The van der Waals surface area contributed by atoms with Crippen molar-refractivity contribution < 1.29 is 0 Å². The van der Waals surface area contributed by atoms with Crippen molar-refractivity contribution in [1.82, 2.24) is 14.6 Å². The molecule has 0 spiro atoms. The van der Waals surface area contributed by atoms with Crippen LogP contribution in [0.1, 0.15) is 0 Å². The van der Waals surface area contributed by atoms with Crippen LogP contribution in [0.2, 0.25) is 5.02 Å². The summed E-state index contributed by atoms with van der Waals surface area (Å²) in [4.78, 5) is 4.39. The molecule has 3 aromatic rings. The zero-order valence-electron chi connectivity index (χ0n) is 8.84. The molecule has 1 aromatic carbocycles. The molecule has 2 aromatic heterocycles. The number of aromatic nitrogens is 3. The maximum atomic E-state index is 6.10. The lowest BCUT2D eigenvalue weighted by atomic mass is 10.2. The third-order valence-corrected chi connectivity index (χ3v) is 2.81. The number of fused-ring (bicyclic) bond motifs is 1. The van der Waals surface area contributed by atoms with E-state index in [4.69, 9.17) is 17.3 Å². The van der Waals surface area contributed by atoms with Gasteiger partial charge in [0.25, 0.3) is 0 Å². The van der Waals surface area contributed by atoms with Gasteiger partial charge in [0.2, 0.25) is 0 Å². The lowest BCUT2D eigenvalue weighted by Crippen LogP contribution is -1.89. The van der Waals surface area contributed by atoms with Crippen molar-refractivity contribution >= 4 is 22.9 Å². The molecule has 0 saturated heterocycles. The zero-order valence-corrected chi connectivity index (χ0v) is 9.59. The van der Waals surface area contributed by atoms with Crippen LogP contribution in [0.5, 0.6) is 0 Å². The first-order valence-electron chi connectivity index (χ1n) is 5.11. The van der Waals surface area contributed by atoms with E-state index < -0.39 is 0 Å². The number of halogens is 1. The largest absolute Gasteiger partial charge is 0.399 e. The zero-order chi connectivity index (χ0) is 11.8. The Morgan fingerprint density at radius 1 is 1.18 bits per heavy atom. The van der Waals surface area contributed by atoms with Crippen molar-refractivity contribution in [3.63, 3.8) is 0 Å². The summed E-state index contributed by atoms with van der Waals surface area (Å²) in [7, 11) is 0. The molecule has 3 rings (SSSR count). The molecule has 84 valence electrons. The normalized spacial score (nSPS) is 10.9. The maximum Gasteiger partial charge on any atom is 0.183 e. The van der Waals surface area contributed by atoms with Gasteiger partial charge in [-0.05, 0) is 18.2 Å². The monoisotopic (exact) mass is 244 g/mol. The number of benzene rings is 1. The van der Waals surface area contributed by atoms with Gasteiger partial charge in [0.1, 0.15) is 0 Å². The summed E-state index contributed by atoms with van der Waals surface area (Å²) >= 11 is 6.10. The molecule has 2 N–H and O–H groups in total. The van der Waals surface area contributed by atoms with E-state index in [2.05, 4.69) is 10.1 Å². The Hall–Kier alpha value is -2.07. The van der Waals surface area contributed by atoms with Crippen LogP contribution in [-0.4, -0.2) is 14.6 Å². The second-order valence-corrected chi connectivity index (χ2v) is 4.09. The van der Waals surface area contributed by atoms with Crippen molar-refractivity contribution in [1.29, 1.82) is 0 Å². The van der Waals surface area contributed by atoms with Gasteiger partial charge in [-0.15, -0.1) is 5.10 Å². The summed E-state index contributed by atoms with van der Waals surface area (Å²) in [6.45, 7) is 0. The van der Waals surface area contributed by atoms with Gasteiger partial charge in [-0.2, -0.15) is 0 Å². The van der Waals surface area contributed by atoms with E-state index in [1.165, 1.54) is 0 Å². The number of anilines is 1. The number of nitrogens with two attached hydrogens (primary N) is 1. The predicted molar refractivity (Wildman–Crippen MR) is 67.8 cm³/mol. The minimum Gasteiger partial charge on any atom is -0.399 e. The van der Waals surface area contributed by atoms with Crippen molar-refractivity contribution in [3.05, 3.63) is 47.6 Å². The lowest BCUT2D eigenvalue weighted by Gasteiger charge is -1.96. The van der Waals surface area contributed by atoms with Gasteiger partial charge < -0.3 is 5.73 Å². The van der Waals surface area contributed by atoms with E-state index in [-0.39, 0.29) is 0 Å². The first-order chi connectivity index (χ1) is 8.24. The number of nitrogen functional groups attached to an aromatic ring is 1. The topological polar surface area (TPSA) is 56.2 Å². The van der Waals surface area contributed by atoms with E-state index in [9.17, 15) is 0 Å². The standard InChI is InChI=1S/C12H9ClN4/c13-10-4-2-1-3-9(10)12-15-11-7-8(14)5-6-17(11)16-12/h1-7H,14H2. The number of hydrogen-bond donors (Lipinski definition) is 1. The molecule has 5 heteroatoms. The fourth-order valence-electron chi connectivity index (χ4n) is 1.65. The van der Waals surface area contributed by atoms with Crippen LogP contribution in [0.25, 0.3) is 17.0 Å². The van der Waals surface area contributed by atoms with Crippen LogP contribution in [0.4, 0.5) is 5.69 Å². The van der Waals surface area contributed by atoms with E-state index in [0.717, 1.165) is 5.56 Å². The fourth-order valence-corrected chi connectivity index (χ4v) is 1.87.